The number of methoxy groups -OCH3 is 1. The maximum Gasteiger partial charge on any atom is 0.268 e. The zero-order valence-corrected chi connectivity index (χ0v) is 19.6. The molecule has 3 aromatic rings. The Labute approximate surface area is 199 Å². The minimum absolute atomic E-state index is 0.172. The Kier molecular flexibility index (Phi) is 7.17. The lowest BCUT2D eigenvalue weighted by molar-refractivity contribution is -0.127. The summed E-state index contributed by atoms with van der Waals surface area (Å²) >= 11 is 0. The Balaban J connectivity index is 1.46. The molecule has 0 bridgehead atoms. The maximum atomic E-state index is 13.2. The number of benzene rings is 2. The van der Waals surface area contributed by atoms with Gasteiger partial charge < -0.3 is 19.9 Å². The molecular formula is C27H30N4O3. The number of carbonyl (C=O) groups is 2. The van der Waals surface area contributed by atoms with Crippen LogP contribution in [0, 0.1) is 17.2 Å². The van der Waals surface area contributed by atoms with Gasteiger partial charge in [-0.05, 0) is 36.6 Å². The van der Waals surface area contributed by atoms with E-state index in [1.165, 1.54) is 0 Å². The van der Waals surface area contributed by atoms with Gasteiger partial charge in [0.1, 0.15) is 17.5 Å². The second kappa shape index (κ2) is 10.4. The number of aromatic nitrogens is 1. The van der Waals surface area contributed by atoms with E-state index >= 15 is 0 Å². The number of hydrogen-bond acceptors (Lipinski definition) is 4. The van der Waals surface area contributed by atoms with Crippen molar-refractivity contribution < 1.29 is 14.3 Å². The molecule has 1 aliphatic carbocycles. The van der Waals surface area contributed by atoms with Crippen molar-refractivity contribution in [1.29, 1.82) is 5.26 Å². The average Bonchev–Trinajstić information content (AvgIpc) is 3.20. The van der Waals surface area contributed by atoms with Crippen LogP contribution in [0.2, 0.25) is 0 Å². The minimum Gasteiger partial charge on any atom is -0.497 e. The van der Waals surface area contributed by atoms with Crippen LogP contribution in [0.1, 0.15) is 41.7 Å². The van der Waals surface area contributed by atoms with Crippen LogP contribution in [-0.2, 0) is 18.3 Å². The van der Waals surface area contributed by atoms with Crippen LogP contribution in [0.4, 0.5) is 0 Å². The third-order valence-electron chi connectivity index (χ3n) is 6.66. The number of rotatable bonds is 7. The summed E-state index contributed by atoms with van der Waals surface area (Å²) in [5.41, 5.74) is 2.43. The van der Waals surface area contributed by atoms with Gasteiger partial charge in [-0.25, -0.2) is 0 Å². The summed E-state index contributed by atoms with van der Waals surface area (Å²) in [5, 5.41) is 16.5. The smallest absolute Gasteiger partial charge is 0.268 e. The van der Waals surface area contributed by atoms with E-state index in [4.69, 9.17) is 4.74 Å². The largest absolute Gasteiger partial charge is 0.497 e. The fourth-order valence-corrected chi connectivity index (χ4v) is 4.77. The highest BCUT2D eigenvalue weighted by atomic mass is 16.5. The molecule has 7 heteroatoms. The van der Waals surface area contributed by atoms with E-state index in [0.29, 0.717) is 18.5 Å². The lowest BCUT2D eigenvalue weighted by Gasteiger charge is -2.31. The van der Waals surface area contributed by atoms with Crippen molar-refractivity contribution in [2.24, 2.45) is 13.0 Å². The van der Waals surface area contributed by atoms with Crippen LogP contribution >= 0.6 is 0 Å². The summed E-state index contributed by atoms with van der Waals surface area (Å²) in [6.07, 6.45) is 3.75. The van der Waals surface area contributed by atoms with Gasteiger partial charge in [-0.15, -0.1) is 0 Å². The number of amides is 2. The van der Waals surface area contributed by atoms with Gasteiger partial charge in [0, 0.05) is 31.0 Å². The van der Waals surface area contributed by atoms with Crippen LogP contribution in [0.5, 0.6) is 5.75 Å². The summed E-state index contributed by atoms with van der Waals surface area (Å²) < 4.78 is 7.15. The number of fused-ring (bicyclic) bond motifs is 1. The molecule has 0 spiro atoms. The summed E-state index contributed by atoms with van der Waals surface area (Å²) in [7, 11) is 3.46. The van der Waals surface area contributed by atoms with E-state index in [-0.39, 0.29) is 23.8 Å². The second-order valence-corrected chi connectivity index (χ2v) is 8.86. The van der Waals surface area contributed by atoms with E-state index in [1.54, 1.807) is 7.11 Å². The quantitative estimate of drug-likeness (QED) is 0.564. The highest BCUT2D eigenvalue weighted by Crippen LogP contribution is 2.27. The van der Waals surface area contributed by atoms with Crippen molar-refractivity contribution in [3.63, 3.8) is 0 Å². The van der Waals surface area contributed by atoms with Gasteiger partial charge in [-0.1, -0.05) is 43.2 Å². The van der Waals surface area contributed by atoms with E-state index < -0.39 is 6.04 Å². The lowest BCUT2D eigenvalue weighted by Crippen LogP contribution is -2.50. The van der Waals surface area contributed by atoms with Crippen LogP contribution in [-0.4, -0.2) is 35.6 Å². The Bertz CT molecular complexity index is 1210. The average molecular weight is 459 g/mol. The first-order valence-corrected chi connectivity index (χ1v) is 11.7. The topological polar surface area (TPSA) is 96.2 Å². The third-order valence-corrected chi connectivity index (χ3v) is 6.66. The maximum absolute atomic E-state index is 13.2. The Morgan fingerprint density at radius 1 is 1.15 bits per heavy atom. The molecule has 1 aromatic heterocycles. The van der Waals surface area contributed by atoms with E-state index in [0.717, 1.165) is 41.5 Å². The van der Waals surface area contributed by atoms with Crippen molar-refractivity contribution in [2.45, 2.75) is 44.2 Å². The normalized spacial score (nSPS) is 18.6. The van der Waals surface area contributed by atoms with Crippen molar-refractivity contribution >= 4 is 22.7 Å². The lowest BCUT2D eigenvalue weighted by atomic mass is 9.83. The first kappa shape index (κ1) is 23.4. The molecule has 176 valence electrons. The molecular weight excluding hydrogens is 428 g/mol. The first-order valence-electron chi connectivity index (χ1n) is 11.7. The summed E-state index contributed by atoms with van der Waals surface area (Å²) in [6, 6.07) is 18.5. The van der Waals surface area contributed by atoms with Crippen molar-refractivity contribution in [3.8, 4) is 11.8 Å². The predicted molar refractivity (Wildman–Crippen MR) is 130 cm³/mol. The molecule has 7 nitrogen and oxygen atoms in total. The molecule has 0 aliphatic heterocycles. The van der Waals surface area contributed by atoms with Crippen molar-refractivity contribution in [2.75, 3.05) is 7.11 Å². The van der Waals surface area contributed by atoms with Gasteiger partial charge in [-0.2, -0.15) is 5.26 Å². The molecule has 34 heavy (non-hydrogen) atoms. The third kappa shape index (κ3) is 5.07. The van der Waals surface area contributed by atoms with Crippen LogP contribution < -0.4 is 15.4 Å². The highest BCUT2D eigenvalue weighted by Gasteiger charge is 2.33. The van der Waals surface area contributed by atoms with E-state index in [9.17, 15) is 14.9 Å². The number of carbonyl (C=O) groups excluding carboxylic acids is 2. The molecule has 1 aliphatic rings. The number of nitrogens with one attached hydrogen (secondary N) is 2. The van der Waals surface area contributed by atoms with Crippen LogP contribution in [0.15, 0.2) is 54.6 Å². The molecule has 1 fully saturated rings. The minimum atomic E-state index is -0.610. The number of nitriles is 1. The zero-order valence-electron chi connectivity index (χ0n) is 19.6. The molecule has 2 amide bonds. The van der Waals surface area contributed by atoms with Gasteiger partial charge in [0.15, 0.2) is 0 Å². The monoisotopic (exact) mass is 458 g/mol. The molecule has 0 saturated heterocycles. The van der Waals surface area contributed by atoms with Crippen molar-refractivity contribution in [1.82, 2.24) is 15.2 Å². The SMILES string of the molecule is COc1ccc2cc(C(=O)N[C@H]3CCCC[C@H]3C(=O)N[C@H](C#N)Cc3ccccc3)n(C)c2c1. The summed E-state index contributed by atoms with van der Waals surface area (Å²) in [5.74, 6) is -0.0101. The number of hydrogen-bond donors (Lipinski definition) is 2. The van der Waals surface area contributed by atoms with Gasteiger partial charge in [-0.3, -0.25) is 9.59 Å². The van der Waals surface area contributed by atoms with E-state index in [2.05, 4.69) is 16.7 Å². The van der Waals surface area contributed by atoms with Gasteiger partial charge in [0.2, 0.25) is 5.91 Å². The van der Waals surface area contributed by atoms with Gasteiger partial charge in [0.25, 0.3) is 5.91 Å². The van der Waals surface area contributed by atoms with Crippen LogP contribution in [0.25, 0.3) is 10.9 Å². The standard InChI is InChI=1S/C27H30N4O3/c1-31-24-16-21(34-2)13-12-19(24)15-25(31)27(33)30-23-11-7-6-10-22(23)26(32)29-20(17-28)14-18-8-4-3-5-9-18/h3-5,8-9,12-13,15-16,20,22-23H,6-7,10-11,14H2,1-2H3,(H,29,32)(H,30,33)/t20-,22+,23-/m0/s1. The molecule has 1 saturated carbocycles. The van der Waals surface area contributed by atoms with Crippen LogP contribution in [0.3, 0.4) is 0 Å². The molecule has 0 radical (unpaired) electrons. The zero-order chi connectivity index (χ0) is 24.1. The Hall–Kier alpha value is -3.79. The molecule has 2 N–H and O–H groups in total. The summed E-state index contributed by atoms with van der Waals surface area (Å²) in [6.45, 7) is 0. The molecule has 3 atom stereocenters. The summed E-state index contributed by atoms with van der Waals surface area (Å²) in [4.78, 5) is 26.3. The second-order valence-electron chi connectivity index (χ2n) is 8.86. The van der Waals surface area contributed by atoms with E-state index in [1.807, 2.05) is 66.2 Å². The first-order chi connectivity index (χ1) is 16.5. The fourth-order valence-electron chi connectivity index (χ4n) is 4.77. The molecule has 4 rings (SSSR count). The predicted octanol–water partition coefficient (Wildman–Crippen LogP) is 3.73. The number of ether oxygens (including phenoxy) is 1. The van der Waals surface area contributed by atoms with Crippen molar-refractivity contribution in [3.05, 3.63) is 65.9 Å². The molecule has 1 heterocycles. The molecule has 0 unspecified atom stereocenters. The van der Waals surface area contributed by atoms with Gasteiger partial charge in [0.05, 0.1) is 24.6 Å². The number of aryl methyl sites for hydroxylation is 1. The Morgan fingerprint density at radius 2 is 1.91 bits per heavy atom. The molecule has 2 aromatic carbocycles. The fraction of sp³-hybridized carbons (Fsp3) is 0.370. The highest BCUT2D eigenvalue weighted by molar-refractivity contribution is 5.99. The van der Waals surface area contributed by atoms with Gasteiger partial charge >= 0.3 is 0 Å². The number of nitrogens with zero attached hydrogens (tertiary/aromatic N) is 2. The Morgan fingerprint density at radius 3 is 2.65 bits per heavy atom.